The Morgan fingerprint density at radius 2 is 1.27 bits per heavy atom. The average Bonchev–Trinajstić information content (AvgIpc) is 3.67. The first kappa shape index (κ1) is 29.2. The van der Waals surface area contributed by atoms with Crippen molar-refractivity contribution in [3.63, 3.8) is 0 Å². The molecular formula is C37H33BF2N4. The predicted molar refractivity (Wildman–Crippen MR) is 180 cm³/mol. The van der Waals surface area contributed by atoms with Gasteiger partial charge in [0, 0.05) is 28.9 Å². The fourth-order valence-electron chi connectivity index (χ4n) is 5.55. The maximum absolute atomic E-state index is 15.0. The van der Waals surface area contributed by atoms with Crippen LogP contribution in [0.3, 0.4) is 0 Å². The third kappa shape index (κ3) is 6.10. The lowest BCUT2D eigenvalue weighted by Crippen LogP contribution is -2.22. The van der Waals surface area contributed by atoms with Crippen molar-refractivity contribution >= 4 is 30.3 Å². The Kier molecular flexibility index (Phi) is 8.75. The molecule has 7 heteroatoms. The molecule has 4 aromatic carbocycles. The summed E-state index contributed by atoms with van der Waals surface area (Å²) < 4.78 is 31.0. The van der Waals surface area contributed by atoms with Crippen LogP contribution in [0.4, 0.5) is 14.4 Å². The molecule has 0 saturated heterocycles. The molecule has 0 radical (unpaired) electrons. The molecule has 1 aliphatic heterocycles. The summed E-state index contributed by atoms with van der Waals surface area (Å²) in [4.78, 5) is 12.3. The van der Waals surface area contributed by atoms with Gasteiger partial charge in [0.05, 0.1) is 5.71 Å². The second-order valence-corrected chi connectivity index (χ2v) is 10.7. The lowest BCUT2D eigenvalue weighted by Gasteiger charge is -2.18. The van der Waals surface area contributed by atoms with Gasteiger partial charge in [-0.2, -0.15) is 0 Å². The molecule has 6 rings (SSSR count). The Bertz CT molecular complexity index is 1810. The van der Waals surface area contributed by atoms with Gasteiger partial charge < -0.3 is 4.48 Å². The van der Waals surface area contributed by atoms with Crippen LogP contribution in [0.2, 0.25) is 0 Å². The summed E-state index contributed by atoms with van der Waals surface area (Å²) in [6.45, 7) is 7.15. The standard InChI is InChI=1S/C37H33BF2N4/c1-3-43(4-2)26-27-20-22-29(23-21-27)32-24-34(30-16-10-6-11-17-30)41-36(32)42-37-33(28-14-8-5-9-15-28)25-35(44(37)38(39)40)31-18-12-7-13-19-31/h5-25H,3-4,26H2,1-2H3/b42-36-. The molecule has 4 nitrogen and oxygen atoms in total. The second-order valence-electron chi connectivity index (χ2n) is 10.7. The van der Waals surface area contributed by atoms with Crippen LogP contribution in [0.1, 0.15) is 30.5 Å². The van der Waals surface area contributed by atoms with E-state index in [0.717, 1.165) is 52.1 Å². The monoisotopic (exact) mass is 582 g/mol. The van der Waals surface area contributed by atoms with Crippen LogP contribution < -0.4 is 0 Å². The van der Waals surface area contributed by atoms with E-state index in [1.54, 1.807) is 6.07 Å². The van der Waals surface area contributed by atoms with E-state index in [0.29, 0.717) is 22.7 Å². The SMILES string of the molecule is CCN(CC)Cc1ccc(C2=CC(c3ccccc3)=N/C2=N\c2c(-c3ccccc3)cc(-c3ccccc3)n2B(F)F)cc1. The summed E-state index contributed by atoms with van der Waals surface area (Å²) in [7, 11) is -2.81. The quantitative estimate of drug-likeness (QED) is 0.151. The maximum Gasteiger partial charge on any atom is 0.679 e. The molecule has 0 bridgehead atoms. The van der Waals surface area contributed by atoms with Crippen molar-refractivity contribution in [3.05, 3.63) is 144 Å². The normalized spacial score (nSPS) is 13.8. The smallest absolute Gasteiger partial charge is 0.309 e. The Hall–Kier alpha value is -4.88. The molecule has 5 aromatic rings. The summed E-state index contributed by atoms with van der Waals surface area (Å²) in [5, 5.41) is 0. The van der Waals surface area contributed by atoms with Crippen molar-refractivity contribution < 1.29 is 8.63 Å². The Balaban J connectivity index is 1.52. The molecule has 218 valence electrons. The van der Waals surface area contributed by atoms with E-state index >= 15 is 0 Å². The van der Waals surface area contributed by atoms with Gasteiger partial charge in [0.1, 0.15) is 5.82 Å². The number of benzene rings is 4. The van der Waals surface area contributed by atoms with Crippen molar-refractivity contribution in [1.29, 1.82) is 0 Å². The van der Waals surface area contributed by atoms with Gasteiger partial charge in [-0.3, -0.25) is 13.5 Å². The minimum Gasteiger partial charge on any atom is -0.309 e. The highest BCUT2D eigenvalue weighted by molar-refractivity contribution is 6.43. The lowest BCUT2D eigenvalue weighted by atomic mass is 10.0. The van der Waals surface area contributed by atoms with Gasteiger partial charge in [0.2, 0.25) is 0 Å². The summed E-state index contributed by atoms with van der Waals surface area (Å²) >= 11 is 0. The van der Waals surface area contributed by atoms with Gasteiger partial charge in [0.15, 0.2) is 5.84 Å². The summed E-state index contributed by atoms with van der Waals surface area (Å²) in [5.41, 5.74) is 7.13. The summed E-state index contributed by atoms with van der Waals surface area (Å²) in [6, 6.07) is 38.9. The summed E-state index contributed by atoms with van der Waals surface area (Å²) in [6.07, 6.45) is 2.00. The molecule has 0 fully saturated rings. The number of nitrogens with zero attached hydrogens (tertiary/aromatic N) is 4. The van der Waals surface area contributed by atoms with E-state index in [-0.39, 0.29) is 5.82 Å². The number of rotatable bonds is 10. The molecular weight excluding hydrogens is 549 g/mol. The second kappa shape index (κ2) is 13.2. The largest absolute Gasteiger partial charge is 0.679 e. The number of aliphatic imine (C=N–C) groups is 2. The summed E-state index contributed by atoms with van der Waals surface area (Å²) in [5.74, 6) is 0.569. The zero-order chi connectivity index (χ0) is 30.5. The topological polar surface area (TPSA) is 32.9 Å². The zero-order valence-corrected chi connectivity index (χ0v) is 24.9. The highest BCUT2D eigenvalue weighted by Gasteiger charge is 2.29. The third-order valence-corrected chi connectivity index (χ3v) is 7.95. The highest BCUT2D eigenvalue weighted by Crippen LogP contribution is 2.40. The number of halogens is 2. The Morgan fingerprint density at radius 3 is 1.84 bits per heavy atom. The molecule has 1 aliphatic rings. The molecule has 1 aromatic heterocycles. The minimum atomic E-state index is -2.81. The van der Waals surface area contributed by atoms with Gasteiger partial charge >= 0.3 is 7.40 Å². The van der Waals surface area contributed by atoms with Crippen molar-refractivity contribution in [3.8, 4) is 22.4 Å². The molecule has 0 amide bonds. The first-order chi connectivity index (χ1) is 21.6. The van der Waals surface area contributed by atoms with E-state index in [9.17, 15) is 8.63 Å². The van der Waals surface area contributed by atoms with E-state index in [1.165, 1.54) is 5.56 Å². The number of amidine groups is 1. The van der Waals surface area contributed by atoms with E-state index in [2.05, 4.69) is 43.0 Å². The fraction of sp³-hybridized carbons (Fsp3) is 0.135. The van der Waals surface area contributed by atoms with Crippen molar-refractivity contribution in [2.45, 2.75) is 20.4 Å². The molecule has 0 saturated carbocycles. The molecule has 2 heterocycles. The third-order valence-electron chi connectivity index (χ3n) is 7.95. The van der Waals surface area contributed by atoms with Crippen LogP contribution >= 0.6 is 0 Å². The molecule has 0 N–H and O–H groups in total. The number of allylic oxidation sites excluding steroid dienone is 1. The van der Waals surface area contributed by atoms with Gasteiger partial charge in [-0.25, -0.2) is 9.98 Å². The number of aromatic nitrogens is 1. The predicted octanol–water partition coefficient (Wildman–Crippen LogP) is 9.05. The van der Waals surface area contributed by atoms with Crippen LogP contribution in [0.5, 0.6) is 0 Å². The van der Waals surface area contributed by atoms with E-state index in [1.807, 2.05) is 97.1 Å². The van der Waals surface area contributed by atoms with Gasteiger partial charge in [0.25, 0.3) is 0 Å². The first-order valence-corrected chi connectivity index (χ1v) is 15.0. The van der Waals surface area contributed by atoms with E-state index < -0.39 is 7.40 Å². The van der Waals surface area contributed by atoms with Crippen LogP contribution in [0.25, 0.3) is 28.0 Å². The minimum absolute atomic E-state index is 0.169. The fourth-order valence-corrected chi connectivity index (χ4v) is 5.55. The molecule has 0 unspecified atom stereocenters. The first-order valence-electron chi connectivity index (χ1n) is 15.0. The van der Waals surface area contributed by atoms with Crippen LogP contribution in [0, 0.1) is 0 Å². The lowest BCUT2D eigenvalue weighted by molar-refractivity contribution is 0.296. The van der Waals surface area contributed by atoms with Gasteiger partial charge in [-0.1, -0.05) is 129 Å². The number of hydrogen-bond donors (Lipinski definition) is 0. The highest BCUT2D eigenvalue weighted by atomic mass is 19.2. The molecule has 0 aliphatic carbocycles. The van der Waals surface area contributed by atoms with Crippen LogP contribution in [-0.2, 0) is 6.54 Å². The Labute approximate surface area is 257 Å². The zero-order valence-electron chi connectivity index (χ0n) is 24.9. The van der Waals surface area contributed by atoms with Crippen molar-refractivity contribution in [2.75, 3.05) is 13.1 Å². The molecule has 0 atom stereocenters. The molecule has 0 spiro atoms. The van der Waals surface area contributed by atoms with E-state index in [4.69, 9.17) is 9.98 Å². The molecule has 44 heavy (non-hydrogen) atoms. The number of hydrogen-bond acceptors (Lipinski definition) is 2. The van der Waals surface area contributed by atoms with Crippen LogP contribution in [-0.4, -0.2) is 41.4 Å². The Morgan fingerprint density at radius 1 is 0.705 bits per heavy atom. The average molecular weight is 583 g/mol. The van der Waals surface area contributed by atoms with Gasteiger partial charge in [-0.15, -0.1) is 0 Å². The van der Waals surface area contributed by atoms with Gasteiger partial charge in [-0.05, 0) is 47.5 Å². The van der Waals surface area contributed by atoms with Crippen molar-refractivity contribution in [1.82, 2.24) is 9.38 Å². The van der Waals surface area contributed by atoms with Crippen LogP contribution in [0.15, 0.2) is 137 Å². The van der Waals surface area contributed by atoms with Crippen molar-refractivity contribution in [2.24, 2.45) is 9.98 Å². The maximum atomic E-state index is 15.0.